The number of hydrogen-bond donors (Lipinski definition) is 3. The van der Waals surface area contributed by atoms with Gasteiger partial charge in [0, 0.05) is 31.9 Å². The average Bonchev–Trinajstić information content (AvgIpc) is 3.15. The van der Waals surface area contributed by atoms with E-state index in [0.29, 0.717) is 17.3 Å². The third kappa shape index (κ3) is 6.27. The number of nitrogens with zero attached hydrogens (tertiary/aromatic N) is 3. The van der Waals surface area contributed by atoms with Crippen molar-refractivity contribution in [3.63, 3.8) is 0 Å². The number of methoxy groups -OCH3 is 1. The Morgan fingerprint density at radius 1 is 1.41 bits per heavy atom. The molecule has 1 fully saturated rings. The van der Waals surface area contributed by atoms with Gasteiger partial charge in [-0.15, -0.1) is 24.0 Å². The first-order valence-corrected chi connectivity index (χ1v) is 9.74. The molecule has 1 atom stereocenters. The summed E-state index contributed by atoms with van der Waals surface area (Å²) >= 11 is 6.27. The van der Waals surface area contributed by atoms with Crippen molar-refractivity contribution in [3.8, 4) is 11.5 Å². The van der Waals surface area contributed by atoms with Gasteiger partial charge in [0.25, 0.3) is 0 Å². The van der Waals surface area contributed by atoms with E-state index in [2.05, 4.69) is 25.5 Å². The molecule has 3 rings (SSSR count). The van der Waals surface area contributed by atoms with Crippen molar-refractivity contribution in [3.05, 3.63) is 47.1 Å². The van der Waals surface area contributed by atoms with Crippen LogP contribution in [0.4, 0.5) is 5.82 Å². The van der Waals surface area contributed by atoms with Crippen molar-refractivity contribution in [2.24, 2.45) is 4.99 Å². The molecule has 1 saturated heterocycles. The van der Waals surface area contributed by atoms with E-state index in [1.54, 1.807) is 18.3 Å². The Morgan fingerprint density at radius 3 is 2.93 bits per heavy atom. The van der Waals surface area contributed by atoms with Gasteiger partial charge in [0.2, 0.25) is 0 Å². The van der Waals surface area contributed by atoms with Gasteiger partial charge in [0.1, 0.15) is 5.82 Å². The molecule has 9 heteroatoms. The van der Waals surface area contributed by atoms with Gasteiger partial charge < -0.3 is 25.4 Å². The highest BCUT2D eigenvalue weighted by Crippen LogP contribution is 2.27. The van der Waals surface area contributed by atoms with E-state index in [1.807, 2.05) is 25.1 Å². The highest BCUT2D eigenvalue weighted by Gasteiger charge is 2.25. The molecule has 7 nitrogen and oxygen atoms in total. The summed E-state index contributed by atoms with van der Waals surface area (Å²) in [6, 6.07) is 9.26. The van der Waals surface area contributed by atoms with Crippen LogP contribution in [0.5, 0.6) is 11.5 Å². The Hall–Kier alpha value is -1.94. The predicted molar refractivity (Wildman–Crippen MR) is 128 cm³/mol. The Bertz CT molecular complexity index is 836. The number of benzene rings is 1. The molecular formula is C20H27ClIN5O2. The highest BCUT2D eigenvalue weighted by molar-refractivity contribution is 14.0. The molecule has 0 aliphatic carbocycles. The van der Waals surface area contributed by atoms with Gasteiger partial charge in [-0.25, -0.2) is 9.98 Å². The van der Waals surface area contributed by atoms with Crippen molar-refractivity contribution < 1.29 is 9.84 Å². The van der Waals surface area contributed by atoms with Crippen LogP contribution in [-0.2, 0) is 6.54 Å². The van der Waals surface area contributed by atoms with Crippen LogP contribution in [0.3, 0.4) is 0 Å². The summed E-state index contributed by atoms with van der Waals surface area (Å²) in [5.41, 5.74) is 0.906. The summed E-state index contributed by atoms with van der Waals surface area (Å²) in [6.45, 7) is 4.95. The lowest BCUT2D eigenvalue weighted by Crippen LogP contribution is -2.44. The molecule has 0 spiro atoms. The topological polar surface area (TPSA) is 82.0 Å². The second kappa shape index (κ2) is 11.3. The summed E-state index contributed by atoms with van der Waals surface area (Å²) < 4.78 is 5.08. The fourth-order valence-electron chi connectivity index (χ4n) is 3.20. The van der Waals surface area contributed by atoms with E-state index >= 15 is 0 Å². The van der Waals surface area contributed by atoms with Crippen LogP contribution >= 0.6 is 35.6 Å². The van der Waals surface area contributed by atoms with Crippen molar-refractivity contribution in [2.75, 3.05) is 31.6 Å². The summed E-state index contributed by atoms with van der Waals surface area (Å²) in [5, 5.41) is 17.3. The summed E-state index contributed by atoms with van der Waals surface area (Å²) in [4.78, 5) is 11.2. The van der Waals surface area contributed by atoms with Crippen LogP contribution in [0, 0.1) is 0 Å². The van der Waals surface area contributed by atoms with Gasteiger partial charge in [-0.1, -0.05) is 17.7 Å². The fraction of sp³-hybridized carbons (Fsp3) is 0.400. The Kier molecular flexibility index (Phi) is 9.09. The lowest BCUT2D eigenvalue weighted by molar-refractivity contribution is 0.373. The number of halogens is 2. The lowest BCUT2D eigenvalue weighted by atomic mass is 10.2. The van der Waals surface area contributed by atoms with E-state index in [9.17, 15) is 5.11 Å². The first-order valence-electron chi connectivity index (χ1n) is 9.37. The molecule has 29 heavy (non-hydrogen) atoms. The van der Waals surface area contributed by atoms with Crippen molar-refractivity contribution in [1.82, 2.24) is 15.6 Å². The van der Waals surface area contributed by atoms with E-state index in [0.717, 1.165) is 43.4 Å². The molecule has 0 bridgehead atoms. The maximum absolute atomic E-state index is 9.92. The van der Waals surface area contributed by atoms with Crippen LogP contribution in [0.25, 0.3) is 0 Å². The molecule has 0 radical (unpaired) electrons. The van der Waals surface area contributed by atoms with Gasteiger partial charge in [-0.05, 0) is 43.2 Å². The van der Waals surface area contributed by atoms with Crippen LogP contribution in [0.15, 0.2) is 41.5 Å². The minimum Gasteiger partial charge on any atom is -0.504 e. The zero-order chi connectivity index (χ0) is 19.9. The number of hydrogen-bond acceptors (Lipinski definition) is 5. The number of aromatic hydroxyl groups is 1. The summed E-state index contributed by atoms with van der Waals surface area (Å²) in [7, 11) is 1.53. The SMILES string of the molecule is CCNC(=NCc1ccc(OC)c(O)c1)NC1CCN(c2ncccc2Cl)C1.I. The van der Waals surface area contributed by atoms with Gasteiger partial charge in [-0.3, -0.25) is 0 Å². The predicted octanol–water partition coefficient (Wildman–Crippen LogP) is 3.40. The molecule has 2 heterocycles. The number of aliphatic imine (C=N–C) groups is 1. The molecule has 0 saturated carbocycles. The number of rotatable bonds is 6. The molecule has 1 aromatic carbocycles. The summed E-state index contributed by atoms with van der Waals surface area (Å²) in [5.74, 6) is 2.14. The number of nitrogens with one attached hydrogen (secondary N) is 2. The number of aromatic nitrogens is 1. The maximum Gasteiger partial charge on any atom is 0.191 e. The molecule has 1 unspecified atom stereocenters. The quantitative estimate of drug-likeness (QED) is 0.301. The number of pyridine rings is 1. The zero-order valence-electron chi connectivity index (χ0n) is 16.6. The van der Waals surface area contributed by atoms with Crippen molar-refractivity contribution in [1.29, 1.82) is 0 Å². The highest BCUT2D eigenvalue weighted by atomic mass is 127. The Labute approximate surface area is 193 Å². The van der Waals surface area contributed by atoms with E-state index in [1.165, 1.54) is 7.11 Å². The second-order valence-corrected chi connectivity index (χ2v) is 6.99. The molecule has 1 aliphatic heterocycles. The summed E-state index contributed by atoms with van der Waals surface area (Å²) in [6.07, 6.45) is 2.73. The molecule has 0 amide bonds. The largest absolute Gasteiger partial charge is 0.504 e. The minimum absolute atomic E-state index is 0. The third-order valence-corrected chi connectivity index (χ3v) is 4.87. The van der Waals surface area contributed by atoms with Crippen LogP contribution in [-0.4, -0.2) is 48.8 Å². The number of guanidine groups is 1. The van der Waals surface area contributed by atoms with Crippen LogP contribution < -0.4 is 20.3 Å². The maximum atomic E-state index is 9.92. The molecular weight excluding hydrogens is 505 g/mol. The van der Waals surface area contributed by atoms with Crippen molar-refractivity contribution >= 4 is 47.4 Å². The first kappa shape index (κ1) is 23.3. The van der Waals surface area contributed by atoms with Gasteiger partial charge >= 0.3 is 0 Å². The van der Waals surface area contributed by atoms with Crippen molar-refractivity contribution in [2.45, 2.75) is 25.9 Å². The standard InChI is InChI=1S/C20H26ClN5O2.HI/c1-3-22-20(24-12-14-6-7-18(28-2)17(27)11-14)25-15-8-10-26(13-15)19-16(21)5-4-9-23-19;/h4-7,9,11,15,27H,3,8,10,12-13H2,1-2H3,(H2,22,24,25);1H. The lowest BCUT2D eigenvalue weighted by Gasteiger charge is -2.20. The molecule has 1 aliphatic rings. The van der Waals surface area contributed by atoms with Crippen LogP contribution in [0.1, 0.15) is 18.9 Å². The van der Waals surface area contributed by atoms with Gasteiger partial charge in [-0.2, -0.15) is 0 Å². The van der Waals surface area contributed by atoms with E-state index in [-0.39, 0.29) is 35.8 Å². The smallest absolute Gasteiger partial charge is 0.191 e. The molecule has 3 N–H and O–H groups in total. The first-order chi connectivity index (χ1) is 13.6. The number of ether oxygens (including phenoxy) is 1. The number of anilines is 1. The van der Waals surface area contributed by atoms with Crippen LogP contribution in [0.2, 0.25) is 5.02 Å². The normalized spacial score (nSPS) is 16.3. The van der Waals surface area contributed by atoms with E-state index < -0.39 is 0 Å². The molecule has 158 valence electrons. The second-order valence-electron chi connectivity index (χ2n) is 6.59. The number of phenols is 1. The van der Waals surface area contributed by atoms with Gasteiger partial charge in [0.05, 0.1) is 18.7 Å². The monoisotopic (exact) mass is 531 g/mol. The Morgan fingerprint density at radius 2 is 2.24 bits per heavy atom. The fourth-order valence-corrected chi connectivity index (χ4v) is 3.44. The molecule has 2 aromatic rings. The third-order valence-electron chi connectivity index (χ3n) is 4.57. The minimum atomic E-state index is 0. The van der Waals surface area contributed by atoms with Gasteiger partial charge in [0.15, 0.2) is 17.5 Å². The average molecular weight is 532 g/mol. The zero-order valence-corrected chi connectivity index (χ0v) is 19.6. The molecule has 1 aromatic heterocycles. The van der Waals surface area contributed by atoms with E-state index in [4.69, 9.17) is 16.3 Å². The Balaban J connectivity index is 0.00000300. The number of phenolic OH excluding ortho intramolecular Hbond substituents is 1.